The summed E-state index contributed by atoms with van der Waals surface area (Å²) in [5.41, 5.74) is 3.22. The number of fused-ring (bicyclic) bond motifs is 1. The summed E-state index contributed by atoms with van der Waals surface area (Å²) in [6.07, 6.45) is -5.39. The number of benzene rings is 1. The van der Waals surface area contributed by atoms with Crippen LogP contribution in [0.1, 0.15) is 5.56 Å². The van der Waals surface area contributed by atoms with Gasteiger partial charge in [-0.15, -0.1) is 5.10 Å². The van der Waals surface area contributed by atoms with Crippen LogP contribution in [0.2, 0.25) is 0 Å². The average Bonchev–Trinajstić information content (AvgIpc) is 3.11. The van der Waals surface area contributed by atoms with E-state index in [1.807, 2.05) is 36.4 Å². The Labute approximate surface area is 175 Å². The Kier molecular flexibility index (Phi) is 5.79. The first-order valence-electron chi connectivity index (χ1n) is 9.73. The predicted octanol–water partition coefficient (Wildman–Crippen LogP) is 3.17. The molecule has 164 valence electrons. The first kappa shape index (κ1) is 21.1. The van der Waals surface area contributed by atoms with E-state index in [2.05, 4.69) is 20.3 Å². The molecule has 2 N–H and O–H groups in total. The van der Waals surface area contributed by atoms with Crippen molar-refractivity contribution in [2.24, 2.45) is 0 Å². The quantitative estimate of drug-likeness (QED) is 0.642. The molecule has 0 saturated carbocycles. The third-order valence-electron chi connectivity index (χ3n) is 5.10. The van der Waals surface area contributed by atoms with Crippen molar-refractivity contribution in [2.75, 3.05) is 38.0 Å². The number of halogens is 3. The van der Waals surface area contributed by atoms with Gasteiger partial charge in [0, 0.05) is 38.3 Å². The number of amides is 1. The van der Waals surface area contributed by atoms with Crippen LogP contribution in [0.3, 0.4) is 0 Å². The van der Waals surface area contributed by atoms with Gasteiger partial charge in [-0.2, -0.15) is 18.2 Å². The highest BCUT2D eigenvalue weighted by Gasteiger charge is 2.32. The molecular weight excluding hydrogens is 413 g/mol. The number of hydrogen-bond donors (Lipinski definition) is 2. The molecule has 1 amide bonds. The number of anilines is 1. The van der Waals surface area contributed by atoms with Gasteiger partial charge in [-0.05, 0) is 17.7 Å². The van der Waals surface area contributed by atoms with Crippen LogP contribution in [0.5, 0.6) is 0 Å². The second-order valence-corrected chi connectivity index (χ2v) is 7.41. The minimum atomic E-state index is -4.16. The number of aromatic nitrogens is 3. The van der Waals surface area contributed by atoms with E-state index in [1.165, 1.54) is 4.90 Å². The van der Waals surface area contributed by atoms with Crippen LogP contribution in [-0.2, 0) is 6.54 Å². The van der Waals surface area contributed by atoms with E-state index in [-0.39, 0.29) is 5.95 Å². The molecule has 0 radical (unpaired) electrons. The normalized spacial score (nSPS) is 16.0. The van der Waals surface area contributed by atoms with Gasteiger partial charge in [-0.3, -0.25) is 15.1 Å². The maximum atomic E-state index is 12.5. The molecule has 0 atom stereocenters. The Morgan fingerprint density at radius 2 is 1.71 bits per heavy atom. The fraction of sp³-hybridized carbons (Fsp3) is 0.350. The number of piperazine rings is 1. The van der Waals surface area contributed by atoms with E-state index in [0.29, 0.717) is 38.4 Å². The van der Waals surface area contributed by atoms with Gasteiger partial charge in [0.05, 0.1) is 12.2 Å². The van der Waals surface area contributed by atoms with Gasteiger partial charge in [-0.25, -0.2) is 9.31 Å². The maximum absolute atomic E-state index is 12.5. The number of carboxylic acid groups (broad SMARTS) is 1. The van der Waals surface area contributed by atoms with E-state index in [4.69, 9.17) is 5.11 Å². The van der Waals surface area contributed by atoms with Crippen molar-refractivity contribution < 1.29 is 23.1 Å². The van der Waals surface area contributed by atoms with Crippen molar-refractivity contribution in [3.63, 3.8) is 0 Å². The van der Waals surface area contributed by atoms with E-state index >= 15 is 0 Å². The van der Waals surface area contributed by atoms with Crippen LogP contribution in [-0.4, -0.2) is 74.5 Å². The van der Waals surface area contributed by atoms with Crippen molar-refractivity contribution in [1.82, 2.24) is 24.4 Å². The van der Waals surface area contributed by atoms with E-state index in [1.54, 1.807) is 10.6 Å². The molecule has 1 aliphatic rings. The summed E-state index contributed by atoms with van der Waals surface area (Å²) in [5, 5.41) is 15.2. The molecule has 2 aromatic heterocycles. The molecule has 1 saturated heterocycles. The highest BCUT2D eigenvalue weighted by molar-refractivity contribution is 5.80. The third kappa shape index (κ3) is 5.30. The summed E-state index contributed by atoms with van der Waals surface area (Å²) in [6, 6.07) is 13.2. The number of rotatable bonds is 5. The Morgan fingerprint density at radius 3 is 2.35 bits per heavy atom. The summed E-state index contributed by atoms with van der Waals surface area (Å²) in [7, 11) is 0. The zero-order valence-corrected chi connectivity index (χ0v) is 16.5. The van der Waals surface area contributed by atoms with Gasteiger partial charge in [-0.1, -0.05) is 30.3 Å². The number of nitrogens with one attached hydrogen (secondary N) is 1. The van der Waals surface area contributed by atoms with Crippen LogP contribution < -0.4 is 5.32 Å². The van der Waals surface area contributed by atoms with E-state index < -0.39 is 18.8 Å². The number of alkyl halides is 3. The van der Waals surface area contributed by atoms with E-state index in [0.717, 1.165) is 16.8 Å². The molecule has 31 heavy (non-hydrogen) atoms. The molecule has 0 bridgehead atoms. The summed E-state index contributed by atoms with van der Waals surface area (Å²) < 4.78 is 39.1. The van der Waals surface area contributed by atoms with Crippen LogP contribution in [0.15, 0.2) is 42.5 Å². The van der Waals surface area contributed by atoms with Gasteiger partial charge in [0.25, 0.3) is 5.95 Å². The van der Waals surface area contributed by atoms with Gasteiger partial charge < -0.3 is 5.11 Å². The zero-order valence-electron chi connectivity index (χ0n) is 16.5. The smallest absolute Gasteiger partial charge is 0.411 e. The molecular formula is C20H21F3N6O2. The lowest BCUT2D eigenvalue weighted by atomic mass is 10.1. The molecule has 11 heteroatoms. The Morgan fingerprint density at radius 1 is 1.03 bits per heavy atom. The van der Waals surface area contributed by atoms with Crippen molar-refractivity contribution in [1.29, 1.82) is 0 Å². The van der Waals surface area contributed by atoms with Crippen LogP contribution >= 0.6 is 0 Å². The number of pyridine rings is 1. The second-order valence-electron chi connectivity index (χ2n) is 7.41. The second kappa shape index (κ2) is 8.52. The van der Waals surface area contributed by atoms with Crippen molar-refractivity contribution in [2.45, 2.75) is 12.7 Å². The van der Waals surface area contributed by atoms with Gasteiger partial charge in [0.1, 0.15) is 0 Å². The molecule has 0 aliphatic carbocycles. The molecule has 3 aromatic rings. The minimum Gasteiger partial charge on any atom is -0.465 e. The van der Waals surface area contributed by atoms with Gasteiger partial charge >= 0.3 is 12.3 Å². The van der Waals surface area contributed by atoms with Crippen LogP contribution in [0, 0.1) is 0 Å². The van der Waals surface area contributed by atoms with Crippen molar-refractivity contribution in [3.8, 4) is 11.3 Å². The molecule has 1 aliphatic heterocycles. The van der Waals surface area contributed by atoms with E-state index in [9.17, 15) is 18.0 Å². The lowest BCUT2D eigenvalue weighted by Gasteiger charge is -2.35. The highest BCUT2D eigenvalue weighted by atomic mass is 19.4. The van der Waals surface area contributed by atoms with Crippen LogP contribution in [0.25, 0.3) is 16.9 Å². The lowest BCUT2D eigenvalue weighted by molar-refractivity contribution is -0.149. The average molecular weight is 434 g/mol. The first-order chi connectivity index (χ1) is 14.8. The Hall–Kier alpha value is -3.18. The summed E-state index contributed by atoms with van der Waals surface area (Å²) in [4.78, 5) is 18.5. The molecule has 0 spiro atoms. The zero-order chi connectivity index (χ0) is 22.0. The molecule has 3 heterocycles. The predicted molar refractivity (Wildman–Crippen MR) is 108 cm³/mol. The van der Waals surface area contributed by atoms with Crippen molar-refractivity contribution >= 4 is 17.7 Å². The number of hydrogen-bond acceptors (Lipinski definition) is 5. The Bertz CT molecular complexity index is 1060. The topological polar surface area (TPSA) is 86.0 Å². The molecule has 1 aromatic carbocycles. The van der Waals surface area contributed by atoms with Crippen LogP contribution in [0.4, 0.5) is 23.9 Å². The summed E-state index contributed by atoms with van der Waals surface area (Å²) >= 11 is 0. The lowest BCUT2D eigenvalue weighted by Crippen LogP contribution is -2.48. The molecule has 8 nitrogen and oxygen atoms in total. The standard InChI is InChI=1S/C20H21F3N6O2/c21-20(22,23)13-28-10-8-27(9-11-28)12-14-4-6-15(7-5-14)16-2-1-3-17-24-18(25-19(30)31)26-29(16)17/h1-7H,8-13H2,(H,25,26)(H,30,31). The molecule has 0 unspecified atom stereocenters. The minimum absolute atomic E-state index is 0.00114. The maximum Gasteiger partial charge on any atom is 0.411 e. The first-order valence-corrected chi connectivity index (χ1v) is 9.73. The number of nitrogens with zero attached hydrogens (tertiary/aromatic N) is 5. The summed E-state index contributed by atoms with van der Waals surface area (Å²) in [5.74, 6) is 0.00114. The molecule has 1 fully saturated rings. The highest BCUT2D eigenvalue weighted by Crippen LogP contribution is 2.23. The molecule has 4 rings (SSSR count). The third-order valence-corrected chi connectivity index (χ3v) is 5.10. The largest absolute Gasteiger partial charge is 0.465 e. The fourth-order valence-corrected chi connectivity index (χ4v) is 3.67. The monoisotopic (exact) mass is 434 g/mol. The number of carbonyl (C=O) groups is 1. The van der Waals surface area contributed by atoms with Gasteiger partial charge in [0.15, 0.2) is 5.65 Å². The van der Waals surface area contributed by atoms with Gasteiger partial charge in [0.2, 0.25) is 0 Å². The Balaban J connectivity index is 1.42. The SMILES string of the molecule is O=C(O)Nc1nc2cccc(-c3ccc(CN4CCN(CC(F)(F)F)CC4)cc3)n2n1. The fourth-order valence-electron chi connectivity index (χ4n) is 3.67. The summed E-state index contributed by atoms with van der Waals surface area (Å²) in [6.45, 7) is 1.80. The van der Waals surface area contributed by atoms with Crippen molar-refractivity contribution in [3.05, 3.63) is 48.0 Å².